The number of rotatable bonds is 4. The second kappa shape index (κ2) is 5.72. The van der Waals surface area contributed by atoms with Gasteiger partial charge >= 0.3 is 6.61 Å². The zero-order valence-corrected chi connectivity index (χ0v) is 11.4. The molecule has 1 rings (SSSR count). The molecule has 0 N–H and O–H groups in total. The van der Waals surface area contributed by atoms with E-state index < -0.39 is 6.61 Å². The van der Waals surface area contributed by atoms with E-state index in [0.717, 1.165) is 0 Å². The van der Waals surface area contributed by atoms with Crippen molar-refractivity contribution in [2.75, 3.05) is 0 Å². The fraction of sp³-hybridized carbons (Fsp3) is 0.300. The molecule has 0 amide bonds. The van der Waals surface area contributed by atoms with E-state index in [4.69, 9.17) is 0 Å². The van der Waals surface area contributed by atoms with Gasteiger partial charge in [0.05, 0.1) is 0 Å². The number of hydrogen-bond donors (Lipinski definition) is 0. The number of ketones is 1. The van der Waals surface area contributed by atoms with Crippen LogP contribution in [0.3, 0.4) is 0 Å². The molecular weight excluding hydrogens is 350 g/mol. The lowest BCUT2D eigenvalue weighted by Crippen LogP contribution is -2.05. The summed E-state index contributed by atoms with van der Waals surface area (Å²) in [6.07, 6.45) is 0.295. The van der Waals surface area contributed by atoms with Crippen molar-refractivity contribution in [3.05, 3.63) is 26.6 Å². The predicted octanol–water partition coefficient (Wildman–Crippen LogP) is 4.41. The molecule has 88 valence electrons. The summed E-state index contributed by atoms with van der Waals surface area (Å²) in [4.78, 5) is 11.5. The molecule has 1 aromatic rings. The van der Waals surface area contributed by atoms with Gasteiger partial charge in [0, 0.05) is 20.9 Å². The molecule has 0 saturated carbocycles. The quantitative estimate of drug-likeness (QED) is 0.746. The van der Waals surface area contributed by atoms with Crippen molar-refractivity contribution in [3.63, 3.8) is 0 Å². The highest BCUT2D eigenvalue weighted by molar-refractivity contribution is 9.13. The molecule has 0 unspecified atom stereocenters. The standard InChI is InChI=1S/C10H8Br2F2O2/c1-2-8(15)6-3-5(16-10(13)14)4-7(11)9(6)12/h3-4,10H,2H2,1H3. The first kappa shape index (κ1) is 13.6. The maximum absolute atomic E-state index is 12.0. The molecule has 16 heavy (non-hydrogen) atoms. The number of Topliss-reactive ketones (excluding diaryl/α,β-unsaturated/α-hetero) is 1. The number of benzene rings is 1. The SMILES string of the molecule is CCC(=O)c1cc(OC(F)F)cc(Br)c1Br. The molecular formula is C10H8Br2F2O2. The third-order valence-corrected chi connectivity index (χ3v) is 3.86. The lowest BCUT2D eigenvalue weighted by Gasteiger charge is -2.09. The van der Waals surface area contributed by atoms with Crippen LogP contribution in [0, 0.1) is 0 Å². The molecule has 0 saturated heterocycles. The zero-order chi connectivity index (χ0) is 12.3. The van der Waals surface area contributed by atoms with Crippen LogP contribution < -0.4 is 4.74 Å². The van der Waals surface area contributed by atoms with Crippen LogP contribution >= 0.6 is 31.9 Å². The van der Waals surface area contributed by atoms with Crippen molar-refractivity contribution in [3.8, 4) is 5.75 Å². The van der Waals surface area contributed by atoms with Crippen LogP contribution in [0.2, 0.25) is 0 Å². The minimum atomic E-state index is -2.90. The van der Waals surface area contributed by atoms with E-state index in [1.807, 2.05) is 0 Å². The second-order valence-electron chi connectivity index (χ2n) is 2.92. The molecule has 6 heteroatoms. The van der Waals surface area contributed by atoms with Gasteiger partial charge in [-0.05, 0) is 44.0 Å². The summed E-state index contributed by atoms with van der Waals surface area (Å²) >= 11 is 6.37. The van der Waals surface area contributed by atoms with Crippen molar-refractivity contribution in [2.45, 2.75) is 20.0 Å². The third kappa shape index (κ3) is 3.25. The predicted molar refractivity (Wildman–Crippen MR) is 63.1 cm³/mol. The summed E-state index contributed by atoms with van der Waals surface area (Å²) < 4.78 is 29.4. The van der Waals surface area contributed by atoms with E-state index in [9.17, 15) is 13.6 Å². The Hall–Kier alpha value is -0.490. The first-order valence-electron chi connectivity index (χ1n) is 4.42. The average Bonchev–Trinajstić information content (AvgIpc) is 2.21. The highest BCUT2D eigenvalue weighted by atomic mass is 79.9. The Labute approximate surface area is 108 Å². The Morgan fingerprint density at radius 2 is 2.06 bits per heavy atom. The highest BCUT2D eigenvalue weighted by Gasteiger charge is 2.15. The molecule has 0 heterocycles. The first-order chi connectivity index (χ1) is 7.45. The van der Waals surface area contributed by atoms with E-state index in [1.54, 1.807) is 6.92 Å². The largest absolute Gasteiger partial charge is 0.435 e. The fourth-order valence-corrected chi connectivity index (χ4v) is 2.02. The van der Waals surface area contributed by atoms with Gasteiger partial charge in [-0.3, -0.25) is 4.79 Å². The molecule has 0 radical (unpaired) electrons. The Balaban J connectivity index is 3.16. The highest BCUT2D eigenvalue weighted by Crippen LogP contribution is 2.32. The minimum Gasteiger partial charge on any atom is -0.435 e. The smallest absolute Gasteiger partial charge is 0.387 e. The number of ether oxygens (including phenoxy) is 1. The van der Waals surface area contributed by atoms with Gasteiger partial charge in [0.25, 0.3) is 0 Å². The van der Waals surface area contributed by atoms with Gasteiger partial charge in [-0.1, -0.05) is 6.92 Å². The fourth-order valence-electron chi connectivity index (χ4n) is 1.13. The Bertz CT molecular complexity index is 408. The van der Waals surface area contributed by atoms with Crippen LogP contribution in [0.1, 0.15) is 23.7 Å². The number of hydrogen-bond acceptors (Lipinski definition) is 2. The molecule has 0 aliphatic carbocycles. The van der Waals surface area contributed by atoms with E-state index in [-0.39, 0.29) is 11.5 Å². The van der Waals surface area contributed by atoms with E-state index >= 15 is 0 Å². The monoisotopic (exact) mass is 356 g/mol. The number of halogens is 4. The average molecular weight is 358 g/mol. The van der Waals surface area contributed by atoms with Gasteiger partial charge in [0.1, 0.15) is 5.75 Å². The lowest BCUT2D eigenvalue weighted by atomic mass is 10.1. The van der Waals surface area contributed by atoms with Gasteiger partial charge in [-0.15, -0.1) is 0 Å². The maximum Gasteiger partial charge on any atom is 0.387 e. The van der Waals surface area contributed by atoms with Gasteiger partial charge in [-0.25, -0.2) is 0 Å². The van der Waals surface area contributed by atoms with Gasteiger partial charge in [0.15, 0.2) is 5.78 Å². The normalized spacial score (nSPS) is 10.6. The Kier molecular flexibility index (Phi) is 4.86. The molecule has 0 bridgehead atoms. The Morgan fingerprint density at radius 1 is 1.44 bits per heavy atom. The number of alkyl halides is 2. The van der Waals surface area contributed by atoms with Crippen LogP contribution in [-0.2, 0) is 0 Å². The summed E-state index contributed by atoms with van der Waals surface area (Å²) in [6, 6.07) is 2.68. The van der Waals surface area contributed by atoms with Crippen LogP contribution in [-0.4, -0.2) is 12.4 Å². The number of carbonyl (C=O) groups excluding carboxylic acids is 1. The molecule has 0 aliphatic rings. The summed E-state index contributed by atoms with van der Waals surface area (Å²) in [5, 5.41) is 0. The van der Waals surface area contributed by atoms with Crippen molar-refractivity contribution in [2.24, 2.45) is 0 Å². The molecule has 1 aromatic carbocycles. The summed E-state index contributed by atoms with van der Waals surface area (Å²) in [5.41, 5.74) is 0.326. The van der Waals surface area contributed by atoms with Crippen LogP contribution in [0.5, 0.6) is 5.75 Å². The van der Waals surface area contributed by atoms with E-state index in [1.165, 1.54) is 12.1 Å². The van der Waals surface area contributed by atoms with E-state index in [2.05, 4.69) is 36.6 Å². The molecule has 0 aliphatic heterocycles. The van der Waals surface area contributed by atoms with Gasteiger partial charge in [-0.2, -0.15) is 8.78 Å². The zero-order valence-electron chi connectivity index (χ0n) is 8.27. The summed E-state index contributed by atoms with van der Waals surface area (Å²) in [7, 11) is 0. The van der Waals surface area contributed by atoms with Crippen molar-refractivity contribution >= 4 is 37.6 Å². The van der Waals surface area contributed by atoms with Crippen LogP contribution in [0.25, 0.3) is 0 Å². The van der Waals surface area contributed by atoms with Crippen LogP contribution in [0.4, 0.5) is 8.78 Å². The van der Waals surface area contributed by atoms with Crippen molar-refractivity contribution in [1.82, 2.24) is 0 Å². The van der Waals surface area contributed by atoms with Crippen LogP contribution in [0.15, 0.2) is 21.1 Å². The molecule has 0 spiro atoms. The number of carbonyl (C=O) groups is 1. The maximum atomic E-state index is 12.0. The molecule has 0 atom stereocenters. The second-order valence-corrected chi connectivity index (χ2v) is 4.57. The van der Waals surface area contributed by atoms with Gasteiger partial charge < -0.3 is 4.74 Å². The summed E-state index contributed by atoms with van der Waals surface area (Å²) in [6.45, 7) is -1.21. The minimum absolute atomic E-state index is 0.0399. The molecule has 2 nitrogen and oxygen atoms in total. The third-order valence-electron chi connectivity index (χ3n) is 1.85. The molecule has 0 fully saturated rings. The van der Waals surface area contributed by atoms with Crippen molar-refractivity contribution < 1.29 is 18.3 Å². The first-order valence-corrected chi connectivity index (χ1v) is 6.01. The lowest BCUT2D eigenvalue weighted by molar-refractivity contribution is -0.0499. The van der Waals surface area contributed by atoms with Gasteiger partial charge in [0.2, 0.25) is 0 Å². The topological polar surface area (TPSA) is 26.3 Å². The van der Waals surface area contributed by atoms with E-state index in [0.29, 0.717) is 20.9 Å². The Morgan fingerprint density at radius 3 is 2.56 bits per heavy atom. The molecule has 0 aromatic heterocycles. The summed E-state index contributed by atoms with van der Waals surface area (Å²) in [5.74, 6) is -0.186. The van der Waals surface area contributed by atoms with Crippen molar-refractivity contribution in [1.29, 1.82) is 0 Å².